The van der Waals surface area contributed by atoms with Crippen molar-refractivity contribution in [1.29, 1.82) is 0 Å². The first-order valence-electron chi connectivity index (χ1n) is 7.08. The second-order valence-electron chi connectivity index (χ2n) is 5.31. The molecule has 1 nitrogen and oxygen atoms in total. The van der Waals surface area contributed by atoms with Crippen molar-refractivity contribution in [2.45, 2.75) is 65.2 Å². The van der Waals surface area contributed by atoms with E-state index >= 15 is 0 Å². The van der Waals surface area contributed by atoms with E-state index in [0.717, 1.165) is 10.5 Å². The maximum absolute atomic E-state index is 6.11. The molecule has 0 heterocycles. The SMILES string of the molecule is CCCCCC[N+](C)(CCl)CCCCCC.[I-]. The molecule has 0 saturated heterocycles. The molecular formula is C14H31ClIN. The van der Waals surface area contributed by atoms with Gasteiger partial charge in [-0.05, 0) is 25.7 Å². The van der Waals surface area contributed by atoms with Gasteiger partial charge in [0.2, 0.25) is 0 Å². The molecule has 0 saturated carbocycles. The maximum Gasteiger partial charge on any atom is 0.154 e. The highest BCUT2D eigenvalue weighted by molar-refractivity contribution is 6.16. The van der Waals surface area contributed by atoms with E-state index in [1.54, 1.807) is 0 Å². The lowest BCUT2D eigenvalue weighted by Gasteiger charge is -2.32. The first-order chi connectivity index (χ1) is 7.68. The van der Waals surface area contributed by atoms with Gasteiger partial charge in [-0.3, -0.25) is 0 Å². The average molecular weight is 376 g/mol. The first kappa shape index (κ1) is 20.3. The standard InChI is InChI=1S/C14H31ClN.HI/c1-4-6-8-10-12-16(3,14-15)13-11-9-7-5-2;/h4-14H2,1-3H3;1H/q+1;/p-1. The molecule has 0 aromatic carbocycles. The molecule has 0 aliphatic carbocycles. The van der Waals surface area contributed by atoms with Gasteiger partial charge in [0.25, 0.3) is 0 Å². The van der Waals surface area contributed by atoms with Gasteiger partial charge in [0.15, 0.2) is 6.00 Å². The zero-order valence-electron chi connectivity index (χ0n) is 12.0. The van der Waals surface area contributed by atoms with Crippen LogP contribution in [0, 0.1) is 0 Å². The minimum Gasteiger partial charge on any atom is -1.00 e. The van der Waals surface area contributed by atoms with Crippen molar-refractivity contribution < 1.29 is 28.5 Å². The van der Waals surface area contributed by atoms with Crippen LogP contribution in [0.1, 0.15) is 65.2 Å². The van der Waals surface area contributed by atoms with Crippen molar-refractivity contribution in [2.24, 2.45) is 0 Å². The fraction of sp³-hybridized carbons (Fsp3) is 1.00. The van der Waals surface area contributed by atoms with Crippen LogP contribution in [0.15, 0.2) is 0 Å². The van der Waals surface area contributed by atoms with Gasteiger partial charge in [0, 0.05) is 0 Å². The Labute approximate surface area is 131 Å². The molecule has 106 valence electrons. The van der Waals surface area contributed by atoms with E-state index in [1.165, 1.54) is 64.5 Å². The van der Waals surface area contributed by atoms with E-state index in [2.05, 4.69) is 20.9 Å². The van der Waals surface area contributed by atoms with E-state index in [0.29, 0.717) is 0 Å². The van der Waals surface area contributed by atoms with Crippen LogP contribution in [0.2, 0.25) is 0 Å². The van der Waals surface area contributed by atoms with Gasteiger partial charge in [-0.1, -0.05) is 51.1 Å². The summed E-state index contributed by atoms with van der Waals surface area (Å²) >= 11 is 6.11. The fourth-order valence-electron chi connectivity index (χ4n) is 2.07. The topological polar surface area (TPSA) is 0 Å². The summed E-state index contributed by atoms with van der Waals surface area (Å²) in [7, 11) is 2.31. The van der Waals surface area contributed by atoms with Crippen LogP contribution >= 0.6 is 11.6 Å². The highest BCUT2D eigenvalue weighted by atomic mass is 127. The van der Waals surface area contributed by atoms with Gasteiger partial charge in [-0.2, -0.15) is 0 Å². The Balaban J connectivity index is 0. The molecule has 0 amide bonds. The molecule has 0 atom stereocenters. The molecule has 0 fully saturated rings. The lowest BCUT2D eigenvalue weighted by Crippen LogP contribution is -3.00. The summed E-state index contributed by atoms with van der Waals surface area (Å²) in [6, 6.07) is 0.776. The van der Waals surface area contributed by atoms with Crippen molar-refractivity contribution in [3.05, 3.63) is 0 Å². The van der Waals surface area contributed by atoms with Crippen LogP contribution in [0.5, 0.6) is 0 Å². The van der Waals surface area contributed by atoms with Crippen LogP contribution < -0.4 is 24.0 Å². The van der Waals surface area contributed by atoms with Crippen molar-refractivity contribution in [3.8, 4) is 0 Å². The Hall–Kier alpha value is 0.980. The highest BCUT2D eigenvalue weighted by Gasteiger charge is 2.18. The number of hydrogen-bond acceptors (Lipinski definition) is 0. The number of halogens is 2. The van der Waals surface area contributed by atoms with Crippen LogP contribution in [-0.4, -0.2) is 30.6 Å². The Morgan fingerprint density at radius 2 is 1.18 bits per heavy atom. The van der Waals surface area contributed by atoms with E-state index < -0.39 is 0 Å². The molecule has 3 heteroatoms. The highest BCUT2D eigenvalue weighted by Crippen LogP contribution is 2.12. The number of rotatable bonds is 11. The first-order valence-corrected chi connectivity index (χ1v) is 7.61. The number of nitrogens with zero attached hydrogens (tertiary/aromatic N) is 1. The van der Waals surface area contributed by atoms with Crippen LogP contribution in [0.25, 0.3) is 0 Å². The predicted octanol–water partition coefficient (Wildman–Crippen LogP) is 1.79. The molecular weight excluding hydrogens is 345 g/mol. The van der Waals surface area contributed by atoms with Crippen LogP contribution in [0.4, 0.5) is 0 Å². The second-order valence-corrected chi connectivity index (χ2v) is 5.55. The largest absolute Gasteiger partial charge is 1.00 e. The van der Waals surface area contributed by atoms with Crippen molar-refractivity contribution in [2.75, 3.05) is 26.1 Å². The van der Waals surface area contributed by atoms with E-state index in [4.69, 9.17) is 11.6 Å². The molecule has 0 aliphatic heterocycles. The zero-order chi connectivity index (χ0) is 12.3. The molecule has 0 rings (SSSR count). The third kappa shape index (κ3) is 11.8. The third-order valence-corrected chi connectivity index (χ3v) is 3.97. The number of alkyl halides is 1. The van der Waals surface area contributed by atoms with Gasteiger partial charge in [-0.15, -0.1) is 0 Å². The summed E-state index contributed by atoms with van der Waals surface area (Å²) < 4.78 is 1.06. The number of hydrogen-bond donors (Lipinski definition) is 0. The fourth-order valence-corrected chi connectivity index (χ4v) is 2.31. The van der Waals surface area contributed by atoms with Gasteiger partial charge in [-0.25, -0.2) is 0 Å². The quantitative estimate of drug-likeness (QED) is 0.170. The van der Waals surface area contributed by atoms with Gasteiger partial charge >= 0.3 is 0 Å². The minimum atomic E-state index is 0. The van der Waals surface area contributed by atoms with E-state index in [-0.39, 0.29) is 24.0 Å². The summed E-state index contributed by atoms with van der Waals surface area (Å²) in [4.78, 5) is 0. The molecule has 0 N–H and O–H groups in total. The van der Waals surface area contributed by atoms with E-state index in [9.17, 15) is 0 Å². The molecule has 0 unspecified atom stereocenters. The maximum atomic E-state index is 6.11. The van der Waals surface area contributed by atoms with Gasteiger partial charge in [0.05, 0.1) is 20.1 Å². The Kier molecular flexibility index (Phi) is 16.0. The zero-order valence-corrected chi connectivity index (χ0v) is 14.9. The molecule has 0 radical (unpaired) electrons. The molecule has 0 spiro atoms. The Bertz CT molecular complexity index is 141. The minimum absolute atomic E-state index is 0. The summed E-state index contributed by atoms with van der Waals surface area (Å²) in [6.45, 7) is 7.05. The third-order valence-electron chi connectivity index (χ3n) is 3.39. The Morgan fingerprint density at radius 3 is 1.47 bits per heavy atom. The predicted molar refractivity (Wildman–Crippen MR) is 74.9 cm³/mol. The number of quaternary nitrogens is 1. The summed E-state index contributed by atoms with van der Waals surface area (Å²) in [6.07, 6.45) is 10.8. The Morgan fingerprint density at radius 1 is 0.765 bits per heavy atom. The molecule has 0 aliphatic rings. The molecule has 0 aromatic rings. The van der Waals surface area contributed by atoms with Crippen molar-refractivity contribution >= 4 is 11.6 Å². The second kappa shape index (κ2) is 13.4. The summed E-state index contributed by atoms with van der Waals surface area (Å²) in [5.41, 5.74) is 0. The summed E-state index contributed by atoms with van der Waals surface area (Å²) in [5, 5.41) is 0. The average Bonchev–Trinajstić information content (AvgIpc) is 2.31. The normalized spacial score (nSPS) is 11.3. The smallest absolute Gasteiger partial charge is 0.154 e. The lowest BCUT2D eigenvalue weighted by molar-refractivity contribution is -0.899. The monoisotopic (exact) mass is 375 g/mol. The van der Waals surface area contributed by atoms with E-state index in [1.807, 2.05) is 0 Å². The van der Waals surface area contributed by atoms with Crippen molar-refractivity contribution in [1.82, 2.24) is 0 Å². The van der Waals surface area contributed by atoms with Gasteiger partial charge in [0.1, 0.15) is 0 Å². The molecule has 0 aromatic heterocycles. The van der Waals surface area contributed by atoms with Crippen molar-refractivity contribution in [3.63, 3.8) is 0 Å². The van der Waals surface area contributed by atoms with Gasteiger partial charge < -0.3 is 28.5 Å². The molecule has 0 bridgehead atoms. The van der Waals surface area contributed by atoms with Crippen LogP contribution in [-0.2, 0) is 0 Å². The summed E-state index contributed by atoms with van der Waals surface area (Å²) in [5.74, 6) is 0. The lowest BCUT2D eigenvalue weighted by atomic mass is 10.1. The number of unbranched alkanes of at least 4 members (excludes halogenated alkanes) is 6. The van der Waals surface area contributed by atoms with Crippen LogP contribution in [0.3, 0.4) is 0 Å². The molecule has 17 heavy (non-hydrogen) atoms.